The van der Waals surface area contributed by atoms with Crippen molar-refractivity contribution in [1.82, 2.24) is 10.2 Å². The second kappa shape index (κ2) is 5.19. The van der Waals surface area contributed by atoms with Crippen molar-refractivity contribution in [2.75, 3.05) is 20.1 Å². The van der Waals surface area contributed by atoms with E-state index in [0.717, 1.165) is 12.5 Å². The summed E-state index contributed by atoms with van der Waals surface area (Å²) in [5.74, 6) is 0.760. The molecule has 1 aliphatic heterocycles. The van der Waals surface area contributed by atoms with Gasteiger partial charge in [-0.1, -0.05) is 30.3 Å². The Hall–Kier alpha value is -0.860. The first kappa shape index (κ1) is 12.6. The topological polar surface area (TPSA) is 15.3 Å². The molecule has 1 atom stereocenters. The number of hydrogen-bond acceptors (Lipinski definition) is 2. The fraction of sp³-hybridized carbons (Fsp3) is 0.600. The number of likely N-dealkylation sites (tertiary alicyclic amines) is 1. The van der Waals surface area contributed by atoms with Gasteiger partial charge in [0.05, 0.1) is 0 Å². The third-order valence-corrected chi connectivity index (χ3v) is 4.19. The van der Waals surface area contributed by atoms with E-state index < -0.39 is 0 Å². The van der Waals surface area contributed by atoms with E-state index in [4.69, 9.17) is 0 Å². The quantitative estimate of drug-likeness (QED) is 0.858. The molecule has 94 valence electrons. The van der Waals surface area contributed by atoms with Crippen LogP contribution in [0.4, 0.5) is 0 Å². The van der Waals surface area contributed by atoms with Gasteiger partial charge in [-0.2, -0.15) is 0 Å². The van der Waals surface area contributed by atoms with Crippen LogP contribution < -0.4 is 5.32 Å². The largest absolute Gasteiger partial charge is 0.314 e. The van der Waals surface area contributed by atoms with Crippen LogP contribution in [0.15, 0.2) is 30.3 Å². The summed E-state index contributed by atoms with van der Waals surface area (Å²) < 4.78 is 0. The van der Waals surface area contributed by atoms with E-state index in [-0.39, 0.29) is 5.54 Å². The van der Waals surface area contributed by atoms with Crippen LogP contribution in [0.1, 0.15) is 25.8 Å². The molecule has 0 aromatic heterocycles. The highest BCUT2D eigenvalue weighted by atomic mass is 15.2. The molecule has 0 spiro atoms. The smallest absolute Gasteiger partial charge is 0.0233 e. The SMILES string of the molecule is CNC(C)(C)[C@H]1CCN(Cc2ccccc2)C1. The predicted octanol–water partition coefficient (Wildman–Crippen LogP) is 2.51. The molecular weight excluding hydrogens is 208 g/mol. The van der Waals surface area contributed by atoms with Crippen molar-refractivity contribution in [1.29, 1.82) is 0 Å². The van der Waals surface area contributed by atoms with Gasteiger partial charge < -0.3 is 5.32 Å². The summed E-state index contributed by atoms with van der Waals surface area (Å²) in [6.45, 7) is 8.15. The zero-order valence-corrected chi connectivity index (χ0v) is 11.2. The molecule has 1 aliphatic rings. The molecule has 2 nitrogen and oxygen atoms in total. The Morgan fingerprint density at radius 1 is 1.29 bits per heavy atom. The van der Waals surface area contributed by atoms with Gasteiger partial charge in [-0.05, 0) is 45.3 Å². The molecule has 0 radical (unpaired) electrons. The summed E-state index contributed by atoms with van der Waals surface area (Å²) in [5, 5.41) is 3.44. The lowest BCUT2D eigenvalue weighted by Crippen LogP contribution is -2.44. The van der Waals surface area contributed by atoms with Crippen molar-refractivity contribution in [3.8, 4) is 0 Å². The molecule has 0 bridgehead atoms. The molecule has 2 heteroatoms. The van der Waals surface area contributed by atoms with Crippen molar-refractivity contribution in [3.05, 3.63) is 35.9 Å². The van der Waals surface area contributed by atoms with Crippen LogP contribution in [-0.4, -0.2) is 30.6 Å². The maximum atomic E-state index is 3.44. The molecule has 17 heavy (non-hydrogen) atoms. The molecule has 1 fully saturated rings. The van der Waals surface area contributed by atoms with E-state index in [1.807, 2.05) is 0 Å². The molecule has 0 unspecified atom stereocenters. The van der Waals surface area contributed by atoms with Crippen LogP contribution >= 0.6 is 0 Å². The summed E-state index contributed by atoms with van der Waals surface area (Å²) >= 11 is 0. The third-order valence-electron chi connectivity index (χ3n) is 4.19. The third kappa shape index (κ3) is 3.08. The Labute approximate surface area is 105 Å². The minimum atomic E-state index is 0.255. The lowest BCUT2D eigenvalue weighted by atomic mass is 9.87. The molecule has 1 aromatic carbocycles. The standard InChI is InChI=1S/C15H24N2/c1-15(2,16-3)14-9-10-17(12-14)11-13-7-5-4-6-8-13/h4-8,14,16H,9-12H2,1-3H3/t14-/m0/s1. The average molecular weight is 232 g/mol. The Balaban J connectivity index is 1.91. The van der Waals surface area contributed by atoms with E-state index >= 15 is 0 Å². The minimum Gasteiger partial charge on any atom is -0.314 e. The van der Waals surface area contributed by atoms with Gasteiger partial charge in [0, 0.05) is 18.6 Å². The zero-order chi connectivity index (χ0) is 12.3. The molecule has 0 amide bonds. The van der Waals surface area contributed by atoms with Gasteiger partial charge >= 0.3 is 0 Å². The first-order chi connectivity index (χ1) is 8.12. The van der Waals surface area contributed by atoms with Gasteiger partial charge in [0.1, 0.15) is 0 Å². The van der Waals surface area contributed by atoms with Crippen LogP contribution in [0.3, 0.4) is 0 Å². The number of benzene rings is 1. The average Bonchev–Trinajstić information content (AvgIpc) is 2.80. The van der Waals surface area contributed by atoms with Crippen molar-refractivity contribution < 1.29 is 0 Å². The van der Waals surface area contributed by atoms with Crippen molar-refractivity contribution >= 4 is 0 Å². The van der Waals surface area contributed by atoms with Crippen molar-refractivity contribution in [2.24, 2.45) is 5.92 Å². The highest BCUT2D eigenvalue weighted by molar-refractivity contribution is 5.14. The molecule has 1 heterocycles. The summed E-state index contributed by atoms with van der Waals surface area (Å²) in [6.07, 6.45) is 1.31. The summed E-state index contributed by atoms with van der Waals surface area (Å²) in [7, 11) is 2.07. The number of nitrogens with one attached hydrogen (secondary N) is 1. The van der Waals surface area contributed by atoms with Crippen molar-refractivity contribution in [2.45, 2.75) is 32.4 Å². The second-order valence-corrected chi connectivity index (χ2v) is 5.68. The Morgan fingerprint density at radius 3 is 2.65 bits per heavy atom. The Kier molecular flexibility index (Phi) is 3.85. The molecule has 1 N–H and O–H groups in total. The van der Waals surface area contributed by atoms with Crippen LogP contribution in [0.5, 0.6) is 0 Å². The first-order valence-electron chi connectivity index (χ1n) is 6.57. The van der Waals surface area contributed by atoms with Crippen LogP contribution in [-0.2, 0) is 6.54 Å². The van der Waals surface area contributed by atoms with E-state index in [9.17, 15) is 0 Å². The van der Waals surface area contributed by atoms with Gasteiger partial charge in [0.25, 0.3) is 0 Å². The van der Waals surface area contributed by atoms with E-state index in [1.54, 1.807) is 0 Å². The summed E-state index contributed by atoms with van der Waals surface area (Å²) in [4.78, 5) is 2.57. The Bertz CT molecular complexity index is 345. The van der Waals surface area contributed by atoms with E-state index in [0.29, 0.717) is 0 Å². The normalized spacial score (nSPS) is 21.9. The molecule has 0 saturated carbocycles. The fourth-order valence-corrected chi connectivity index (χ4v) is 2.61. The van der Waals surface area contributed by atoms with Gasteiger partial charge in [-0.25, -0.2) is 0 Å². The maximum Gasteiger partial charge on any atom is 0.0233 e. The molecule has 1 aromatic rings. The van der Waals surface area contributed by atoms with Crippen LogP contribution in [0.2, 0.25) is 0 Å². The lowest BCUT2D eigenvalue weighted by molar-refractivity contribution is 0.247. The second-order valence-electron chi connectivity index (χ2n) is 5.68. The van der Waals surface area contributed by atoms with E-state index in [1.165, 1.54) is 25.1 Å². The highest BCUT2D eigenvalue weighted by Crippen LogP contribution is 2.27. The van der Waals surface area contributed by atoms with Crippen LogP contribution in [0, 0.1) is 5.92 Å². The maximum absolute atomic E-state index is 3.44. The van der Waals surface area contributed by atoms with Crippen LogP contribution in [0.25, 0.3) is 0 Å². The van der Waals surface area contributed by atoms with E-state index in [2.05, 4.69) is 61.4 Å². The molecule has 2 rings (SSSR count). The number of nitrogens with zero attached hydrogens (tertiary/aromatic N) is 1. The highest BCUT2D eigenvalue weighted by Gasteiger charge is 2.33. The number of hydrogen-bond donors (Lipinski definition) is 1. The lowest BCUT2D eigenvalue weighted by Gasteiger charge is -2.31. The zero-order valence-electron chi connectivity index (χ0n) is 11.2. The predicted molar refractivity (Wildman–Crippen MR) is 73.0 cm³/mol. The fourth-order valence-electron chi connectivity index (χ4n) is 2.61. The Morgan fingerprint density at radius 2 is 2.00 bits per heavy atom. The molecule has 1 saturated heterocycles. The summed E-state index contributed by atoms with van der Waals surface area (Å²) in [5.41, 5.74) is 1.68. The van der Waals surface area contributed by atoms with Crippen molar-refractivity contribution in [3.63, 3.8) is 0 Å². The first-order valence-corrected chi connectivity index (χ1v) is 6.57. The monoisotopic (exact) mass is 232 g/mol. The number of rotatable bonds is 4. The van der Waals surface area contributed by atoms with Gasteiger partial charge in [0.15, 0.2) is 0 Å². The summed E-state index contributed by atoms with van der Waals surface area (Å²) in [6, 6.07) is 10.8. The molecular formula is C15H24N2. The van der Waals surface area contributed by atoms with Gasteiger partial charge in [-0.15, -0.1) is 0 Å². The van der Waals surface area contributed by atoms with Gasteiger partial charge in [-0.3, -0.25) is 4.90 Å². The molecule has 0 aliphatic carbocycles. The minimum absolute atomic E-state index is 0.255. The van der Waals surface area contributed by atoms with Gasteiger partial charge in [0.2, 0.25) is 0 Å².